The minimum Gasteiger partial charge on any atom is -0.481 e. The van der Waals surface area contributed by atoms with Crippen LogP contribution in [0.1, 0.15) is 66.6 Å². The third-order valence-corrected chi connectivity index (χ3v) is 4.03. The molecule has 116 valence electrons. The van der Waals surface area contributed by atoms with Crippen LogP contribution in [0.4, 0.5) is 0 Å². The second-order valence-electron chi connectivity index (χ2n) is 5.80. The van der Waals surface area contributed by atoms with Gasteiger partial charge in [-0.15, -0.1) is 0 Å². The smallest absolute Gasteiger partial charge is 0.311 e. The number of aryl methyl sites for hydroxylation is 1. The molecule has 0 aromatic carbocycles. The summed E-state index contributed by atoms with van der Waals surface area (Å²) < 4.78 is 5.22. The molecule has 0 radical (unpaired) electrons. The molecule has 0 bridgehead atoms. The number of carbonyl (C=O) groups excluding carboxylic acids is 1. The fourth-order valence-corrected chi connectivity index (χ4v) is 2.93. The molecule has 2 rings (SSSR count). The van der Waals surface area contributed by atoms with Crippen LogP contribution in [0, 0.1) is 6.92 Å². The molecule has 1 amide bonds. The molecule has 1 aliphatic carbocycles. The lowest BCUT2D eigenvalue weighted by Crippen LogP contribution is -2.36. The second kappa shape index (κ2) is 7.29. The summed E-state index contributed by atoms with van der Waals surface area (Å²) in [6.07, 6.45) is 9.18. The van der Waals surface area contributed by atoms with Gasteiger partial charge < -0.3 is 14.8 Å². The third kappa shape index (κ3) is 4.34. The van der Waals surface area contributed by atoms with E-state index in [0.29, 0.717) is 11.1 Å². The van der Waals surface area contributed by atoms with Crippen molar-refractivity contribution in [1.29, 1.82) is 0 Å². The van der Waals surface area contributed by atoms with Gasteiger partial charge in [-0.3, -0.25) is 9.59 Å². The van der Waals surface area contributed by atoms with Crippen molar-refractivity contribution in [2.45, 2.75) is 64.3 Å². The third-order valence-electron chi connectivity index (χ3n) is 4.03. The van der Waals surface area contributed by atoms with Crippen LogP contribution in [0.15, 0.2) is 10.7 Å². The van der Waals surface area contributed by atoms with Crippen molar-refractivity contribution in [2.75, 3.05) is 0 Å². The van der Waals surface area contributed by atoms with Crippen LogP contribution in [0.25, 0.3) is 0 Å². The van der Waals surface area contributed by atoms with Gasteiger partial charge >= 0.3 is 5.97 Å². The SMILES string of the molecule is Cc1coc(CC(=O)O)c1C(=O)NC1CCCCCCC1. The number of furan rings is 1. The monoisotopic (exact) mass is 293 g/mol. The van der Waals surface area contributed by atoms with Crippen molar-refractivity contribution >= 4 is 11.9 Å². The van der Waals surface area contributed by atoms with Gasteiger partial charge in [-0.05, 0) is 19.8 Å². The van der Waals surface area contributed by atoms with E-state index in [1.807, 2.05) is 0 Å². The van der Waals surface area contributed by atoms with Crippen LogP contribution < -0.4 is 5.32 Å². The maximum Gasteiger partial charge on any atom is 0.311 e. The Labute approximate surface area is 124 Å². The van der Waals surface area contributed by atoms with E-state index >= 15 is 0 Å². The van der Waals surface area contributed by atoms with Crippen LogP contribution in [0.5, 0.6) is 0 Å². The lowest BCUT2D eigenvalue weighted by Gasteiger charge is -2.21. The zero-order valence-electron chi connectivity index (χ0n) is 12.5. The molecule has 0 atom stereocenters. The molecule has 0 aliphatic heterocycles. The number of carboxylic acids is 1. The average molecular weight is 293 g/mol. The maximum absolute atomic E-state index is 12.4. The first-order valence-corrected chi connectivity index (χ1v) is 7.67. The highest BCUT2D eigenvalue weighted by Crippen LogP contribution is 2.20. The molecule has 21 heavy (non-hydrogen) atoms. The van der Waals surface area contributed by atoms with Crippen molar-refractivity contribution in [2.24, 2.45) is 0 Å². The number of rotatable bonds is 4. The average Bonchev–Trinajstić information content (AvgIpc) is 2.72. The lowest BCUT2D eigenvalue weighted by atomic mass is 9.96. The molecule has 0 unspecified atom stereocenters. The van der Waals surface area contributed by atoms with Crippen LogP contribution in [0.2, 0.25) is 0 Å². The van der Waals surface area contributed by atoms with Gasteiger partial charge in [0, 0.05) is 11.6 Å². The summed E-state index contributed by atoms with van der Waals surface area (Å²) in [5.74, 6) is -0.962. The Bertz CT molecular complexity index is 498. The highest BCUT2D eigenvalue weighted by Gasteiger charge is 2.22. The van der Waals surface area contributed by atoms with Gasteiger partial charge in [0.1, 0.15) is 12.2 Å². The molecule has 1 fully saturated rings. The molecule has 1 aromatic rings. The Kier molecular flexibility index (Phi) is 5.42. The molecular formula is C16H23NO4. The molecular weight excluding hydrogens is 270 g/mol. The van der Waals surface area contributed by atoms with E-state index < -0.39 is 5.97 Å². The van der Waals surface area contributed by atoms with Gasteiger partial charge in [0.25, 0.3) is 5.91 Å². The van der Waals surface area contributed by atoms with Crippen molar-refractivity contribution in [3.8, 4) is 0 Å². The van der Waals surface area contributed by atoms with E-state index in [1.54, 1.807) is 6.92 Å². The Morgan fingerprint density at radius 2 is 1.86 bits per heavy atom. The van der Waals surface area contributed by atoms with Gasteiger partial charge in [-0.1, -0.05) is 32.1 Å². The molecule has 1 saturated carbocycles. The van der Waals surface area contributed by atoms with Gasteiger partial charge in [0.15, 0.2) is 0 Å². The van der Waals surface area contributed by atoms with Crippen molar-refractivity contribution in [3.63, 3.8) is 0 Å². The summed E-state index contributed by atoms with van der Waals surface area (Å²) in [4.78, 5) is 23.3. The van der Waals surface area contributed by atoms with E-state index in [0.717, 1.165) is 25.7 Å². The number of carbonyl (C=O) groups is 2. The fourth-order valence-electron chi connectivity index (χ4n) is 2.93. The van der Waals surface area contributed by atoms with Gasteiger partial charge in [0.2, 0.25) is 0 Å². The van der Waals surface area contributed by atoms with Crippen molar-refractivity contribution < 1.29 is 19.1 Å². The Balaban J connectivity index is 2.05. The Morgan fingerprint density at radius 3 is 2.48 bits per heavy atom. The number of hydrogen-bond donors (Lipinski definition) is 2. The van der Waals surface area contributed by atoms with Crippen molar-refractivity contribution in [1.82, 2.24) is 5.32 Å². The molecule has 1 aliphatic rings. The number of hydrogen-bond acceptors (Lipinski definition) is 3. The first-order chi connectivity index (χ1) is 10.1. The highest BCUT2D eigenvalue weighted by atomic mass is 16.4. The first kappa shape index (κ1) is 15.6. The topological polar surface area (TPSA) is 79.5 Å². The van der Waals surface area contributed by atoms with Crippen LogP contribution in [-0.4, -0.2) is 23.0 Å². The standard InChI is InChI=1S/C16H23NO4/c1-11-10-21-13(9-14(18)19)15(11)16(20)17-12-7-5-3-2-4-6-8-12/h10,12H,2-9H2,1H3,(H,17,20)(H,18,19). The molecule has 1 aromatic heterocycles. The molecule has 5 heteroatoms. The van der Waals surface area contributed by atoms with E-state index in [1.165, 1.54) is 25.5 Å². The minimum absolute atomic E-state index is 0.185. The van der Waals surface area contributed by atoms with Gasteiger partial charge in [0.05, 0.1) is 11.8 Å². The number of nitrogens with one attached hydrogen (secondary N) is 1. The lowest BCUT2D eigenvalue weighted by molar-refractivity contribution is -0.136. The zero-order valence-corrected chi connectivity index (χ0v) is 12.5. The van der Waals surface area contributed by atoms with E-state index in [2.05, 4.69) is 5.32 Å². The summed E-state index contributed by atoms with van der Waals surface area (Å²) in [5.41, 5.74) is 1.08. The van der Waals surface area contributed by atoms with E-state index in [9.17, 15) is 9.59 Å². The fraction of sp³-hybridized carbons (Fsp3) is 0.625. The van der Waals surface area contributed by atoms with Crippen LogP contribution in [0.3, 0.4) is 0 Å². The summed E-state index contributed by atoms with van der Waals surface area (Å²) in [6.45, 7) is 1.77. The predicted octanol–water partition coefficient (Wildman–Crippen LogP) is 3.06. The molecule has 5 nitrogen and oxygen atoms in total. The zero-order chi connectivity index (χ0) is 15.2. The normalized spacial score (nSPS) is 17.0. The molecule has 0 saturated heterocycles. The molecule has 1 heterocycles. The van der Waals surface area contributed by atoms with Gasteiger partial charge in [-0.2, -0.15) is 0 Å². The van der Waals surface area contributed by atoms with E-state index in [-0.39, 0.29) is 24.1 Å². The number of aliphatic carboxylic acids is 1. The summed E-state index contributed by atoms with van der Waals surface area (Å²) in [5, 5.41) is 11.9. The largest absolute Gasteiger partial charge is 0.481 e. The number of carboxylic acid groups (broad SMARTS) is 1. The van der Waals surface area contributed by atoms with Gasteiger partial charge in [-0.25, -0.2) is 0 Å². The van der Waals surface area contributed by atoms with E-state index in [4.69, 9.17) is 9.52 Å². The maximum atomic E-state index is 12.4. The Hall–Kier alpha value is -1.78. The summed E-state index contributed by atoms with van der Waals surface area (Å²) in [6, 6.07) is 0.185. The first-order valence-electron chi connectivity index (χ1n) is 7.67. The Morgan fingerprint density at radius 1 is 1.24 bits per heavy atom. The minimum atomic E-state index is -0.996. The number of amides is 1. The summed E-state index contributed by atoms with van der Waals surface area (Å²) >= 11 is 0. The van der Waals surface area contributed by atoms with Crippen LogP contribution >= 0.6 is 0 Å². The molecule has 0 spiro atoms. The van der Waals surface area contributed by atoms with Crippen molar-refractivity contribution in [3.05, 3.63) is 23.2 Å². The quantitative estimate of drug-likeness (QED) is 0.894. The highest BCUT2D eigenvalue weighted by molar-refractivity contribution is 5.97. The second-order valence-corrected chi connectivity index (χ2v) is 5.80. The summed E-state index contributed by atoms with van der Waals surface area (Å²) in [7, 11) is 0. The predicted molar refractivity (Wildman–Crippen MR) is 78.4 cm³/mol. The molecule has 2 N–H and O–H groups in total. The van der Waals surface area contributed by atoms with Crippen LogP contribution in [-0.2, 0) is 11.2 Å².